The number of rotatable bonds is 7. The zero-order valence-corrected chi connectivity index (χ0v) is 12.6. The molecule has 0 saturated carbocycles. The van der Waals surface area contributed by atoms with Crippen LogP contribution in [0, 0.1) is 0 Å². The Morgan fingerprint density at radius 2 is 2.00 bits per heavy atom. The van der Waals surface area contributed by atoms with Crippen LogP contribution in [0.15, 0.2) is 41.8 Å². The molecule has 4 nitrogen and oxygen atoms in total. The number of carbonyl (C=O) groups excluding carboxylic acids is 1. The number of carbonyl (C=O) groups is 1. The number of phenolic OH excluding ortho intramolecular Hbond substituents is 1. The summed E-state index contributed by atoms with van der Waals surface area (Å²) in [5.41, 5.74) is 0.734. The van der Waals surface area contributed by atoms with Crippen molar-refractivity contribution in [3.8, 4) is 5.75 Å². The lowest BCUT2D eigenvalue weighted by Gasteiger charge is -2.20. The van der Waals surface area contributed by atoms with E-state index < -0.39 is 6.10 Å². The third kappa shape index (κ3) is 4.39. The highest BCUT2D eigenvalue weighted by molar-refractivity contribution is 7.12. The highest BCUT2D eigenvalue weighted by Gasteiger charge is 2.16. The molecule has 1 aromatic carbocycles. The van der Waals surface area contributed by atoms with Crippen LogP contribution in [0.5, 0.6) is 5.75 Å². The molecule has 0 aliphatic heterocycles. The molecule has 0 aliphatic carbocycles. The topological polar surface area (TPSA) is 69.6 Å². The van der Waals surface area contributed by atoms with Crippen LogP contribution in [-0.2, 0) is 0 Å². The fourth-order valence-corrected chi connectivity index (χ4v) is 2.74. The first kappa shape index (κ1) is 15.7. The van der Waals surface area contributed by atoms with Crippen molar-refractivity contribution in [2.24, 2.45) is 0 Å². The molecule has 21 heavy (non-hydrogen) atoms. The van der Waals surface area contributed by atoms with Crippen molar-refractivity contribution >= 4 is 17.1 Å². The van der Waals surface area contributed by atoms with Crippen molar-refractivity contribution in [2.45, 2.75) is 25.5 Å². The molecule has 0 spiro atoms. The number of hydrogen-bond donors (Lipinski definition) is 3. The fourth-order valence-electron chi connectivity index (χ4n) is 2.05. The Balaban J connectivity index is 1.80. The Hall–Kier alpha value is -1.69. The van der Waals surface area contributed by atoms with Crippen molar-refractivity contribution in [1.29, 1.82) is 0 Å². The number of Topliss-reactive ketones (excluding diaryl/α,β-unsaturated/α-hetero) is 1. The Labute approximate surface area is 128 Å². The zero-order chi connectivity index (χ0) is 15.2. The molecule has 2 unspecified atom stereocenters. The minimum Gasteiger partial charge on any atom is -0.508 e. The van der Waals surface area contributed by atoms with E-state index in [1.54, 1.807) is 24.3 Å². The third-order valence-electron chi connectivity index (χ3n) is 3.32. The summed E-state index contributed by atoms with van der Waals surface area (Å²) in [4.78, 5) is 12.6. The monoisotopic (exact) mass is 305 g/mol. The zero-order valence-electron chi connectivity index (χ0n) is 11.8. The first-order chi connectivity index (χ1) is 10.1. The number of nitrogens with one attached hydrogen (secondary N) is 1. The van der Waals surface area contributed by atoms with Crippen LogP contribution in [0.3, 0.4) is 0 Å². The normalized spacial score (nSPS) is 13.8. The highest BCUT2D eigenvalue weighted by Crippen LogP contribution is 2.19. The molecule has 2 aromatic rings. The molecule has 3 N–H and O–H groups in total. The van der Waals surface area contributed by atoms with Gasteiger partial charge in [-0.2, -0.15) is 0 Å². The van der Waals surface area contributed by atoms with E-state index in [1.807, 2.05) is 24.4 Å². The van der Waals surface area contributed by atoms with Crippen molar-refractivity contribution < 1.29 is 15.0 Å². The van der Waals surface area contributed by atoms with Crippen LogP contribution in [0.25, 0.3) is 0 Å². The number of thiophene rings is 1. The molecular weight excluding hydrogens is 286 g/mol. The lowest BCUT2D eigenvalue weighted by molar-refractivity contribution is 0.0976. The second-order valence-corrected chi connectivity index (χ2v) is 5.88. The van der Waals surface area contributed by atoms with Gasteiger partial charge in [0, 0.05) is 19.0 Å². The van der Waals surface area contributed by atoms with Gasteiger partial charge in [-0.1, -0.05) is 18.2 Å². The number of phenols is 1. The maximum absolute atomic E-state index is 11.8. The number of hydrogen-bond acceptors (Lipinski definition) is 5. The molecular formula is C16H19NO3S. The van der Waals surface area contributed by atoms with Crippen LogP contribution in [-0.4, -0.2) is 28.6 Å². The Kier molecular flexibility index (Phi) is 5.50. The molecule has 0 saturated heterocycles. The molecule has 1 aromatic heterocycles. The summed E-state index contributed by atoms with van der Waals surface area (Å²) < 4.78 is 0. The van der Waals surface area contributed by atoms with Gasteiger partial charge >= 0.3 is 0 Å². The summed E-state index contributed by atoms with van der Waals surface area (Å²) in [6, 6.07) is 9.98. The second-order valence-electron chi connectivity index (χ2n) is 4.93. The molecule has 2 rings (SSSR count). The van der Waals surface area contributed by atoms with E-state index in [2.05, 4.69) is 5.32 Å². The maximum atomic E-state index is 11.8. The minimum atomic E-state index is -0.678. The second kappa shape index (κ2) is 7.36. The number of benzene rings is 1. The summed E-state index contributed by atoms with van der Waals surface area (Å²) in [5, 5.41) is 24.5. The van der Waals surface area contributed by atoms with Crippen LogP contribution in [0.2, 0.25) is 0 Å². The largest absolute Gasteiger partial charge is 0.508 e. The standard InChI is InChI=1S/C16H19NO3S/c1-11(16(20)12-4-6-13(18)7-5-12)17-9-8-14(19)15-3-2-10-21-15/h2-7,10-11,16-18,20H,8-9H2,1H3. The summed E-state index contributed by atoms with van der Waals surface area (Å²) in [7, 11) is 0. The van der Waals surface area contributed by atoms with Gasteiger partial charge in [-0.25, -0.2) is 0 Å². The van der Waals surface area contributed by atoms with Crippen molar-refractivity contribution in [1.82, 2.24) is 5.32 Å². The number of aromatic hydroxyl groups is 1. The average molecular weight is 305 g/mol. The van der Waals surface area contributed by atoms with Gasteiger partial charge in [-0.15, -0.1) is 11.3 Å². The average Bonchev–Trinajstić information content (AvgIpc) is 3.01. The summed E-state index contributed by atoms with van der Waals surface area (Å²) in [6.45, 7) is 2.39. The van der Waals surface area contributed by atoms with Gasteiger partial charge in [0.1, 0.15) is 5.75 Å². The van der Waals surface area contributed by atoms with Gasteiger partial charge in [0.15, 0.2) is 5.78 Å². The van der Waals surface area contributed by atoms with Crippen molar-refractivity contribution in [3.63, 3.8) is 0 Å². The van der Waals surface area contributed by atoms with Gasteiger partial charge < -0.3 is 15.5 Å². The smallest absolute Gasteiger partial charge is 0.174 e. The predicted octanol–water partition coefficient (Wildman–Crippen LogP) is 2.74. The van der Waals surface area contributed by atoms with Crippen LogP contribution in [0.4, 0.5) is 0 Å². The van der Waals surface area contributed by atoms with E-state index in [0.29, 0.717) is 13.0 Å². The first-order valence-corrected chi connectivity index (χ1v) is 7.73. The van der Waals surface area contributed by atoms with Crippen LogP contribution >= 0.6 is 11.3 Å². The lowest BCUT2D eigenvalue weighted by Crippen LogP contribution is -2.33. The third-order valence-corrected chi connectivity index (χ3v) is 4.23. The highest BCUT2D eigenvalue weighted by atomic mass is 32.1. The molecule has 0 radical (unpaired) electrons. The SMILES string of the molecule is CC(NCCC(=O)c1cccs1)C(O)c1ccc(O)cc1. The van der Waals surface area contributed by atoms with Gasteiger partial charge in [0.05, 0.1) is 11.0 Å². The molecule has 0 aliphatic rings. The van der Waals surface area contributed by atoms with E-state index in [-0.39, 0.29) is 17.6 Å². The quantitative estimate of drug-likeness (QED) is 0.688. The van der Waals surface area contributed by atoms with E-state index in [0.717, 1.165) is 10.4 Å². The summed E-state index contributed by atoms with van der Waals surface area (Å²) in [5.74, 6) is 0.289. The summed E-state index contributed by atoms with van der Waals surface area (Å²) >= 11 is 1.44. The fraction of sp³-hybridized carbons (Fsp3) is 0.312. The van der Waals surface area contributed by atoms with E-state index in [4.69, 9.17) is 0 Å². The molecule has 112 valence electrons. The first-order valence-electron chi connectivity index (χ1n) is 6.85. The van der Waals surface area contributed by atoms with Gasteiger partial charge in [-0.05, 0) is 36.1 Å². The molecule has 2 atom stereocenters. The number of aliphatic hydroxyl groups is 1. The maximum Gasteiger partial charge on any atom is 0.174 e. The Bertz CT molecular complexity index is 566. The molecule has 0 amide bonds. The molecule has 0 bridgehead atoms. The van der Waals surface area contributed by atoms with E-state index in [9.17, 15) is 15.0 Å². The molecule has 5 heteroatoms. The lowest BCUT2D eigenvalue weighted by atomic mass is 10.0. The predicted molar refractivity (Wildman–Crippen MR) is 83.8 cm³/mol. The molecule has 0 fully saturated rings. The van der Waals surface area contributed by atoms with Crippen LogP contribution < -0.4 is 5.32 Å². The minimum absolute atomic E-state index is 0.115. The number of aliphatic hydroxyl groups excluding tert-OH is 1. The number of ketones is 1. The van der Waals surface area contributed by atoms with E-state index in [1.165, 1.54) is 11.3 Å². The summed E-state index contributed by atoms with van der Waals surface area (Å²) in [6.07, 6.45) is -0.268. The van der Waals surface area contributed by atoms with Gasteiger partial charge in [0.25, 0.3) is 0 Å². The van der Waals surface area contributed by atoms with Crippen LogP contribution in [0.1, 0.15) is 34.7 Å². The Morgan fingerprint density at radius 3 is 2.62 bits per heavy atom. The van der Waals surface area contributed by atoms with Gasteiger partial charge in [-0.3, -0.25) is 4.79 Å². The van der Waals surface area contributed by atoms with Gasteiger partial charge in [0.2, 0.25) is 0 Å². The molecule has 1 heterocycles. The van der Waals surface area contributed by atoms with Crippen molar-refractivity contribution in [2.75, 3.05) is 6.54 Å². The van der Waals surface area contributed by atoms with E-state index >= 15 is 0 Å². The van der Waals surface area contributed by atoms with Crippen molar-refractivity contribution in [3.05, 3.63) is 52.2 Å². The Morgan fingerprint density at radius 1 is 1.29 bits per heavy atom.